The van der Waals surface area contributed by atoms with Crippen molar-refractivity contribution in [3.63, 3.8) is 0 Å². The smallest absolute Gasteiger partial charge is 0.475 e. The highest BCUT2D eigenvalue weighted by Crippen LogP contribution is 2.33. The number of alkyl halides is 3. The third-order valence-electron chi connectivity index (χ3n) is 5.21. The number of aliphatic carboxylic acids is 1. The largest absolute Gasteiger partial charge is 0.490 e. The number of hydrogen-bond donors (Lipinski definition) is 1. The number of carboxylic acid groups (broad SMARTS) is 1. The first-order chi connectivity index (χ1) is 14.1. The van der Waals surface area contributed by atoms with Crippen molar-refractivity contribution in [3.05, 3.63) is 40.2 Å². The number of amides is 1. The van der Waals surface area contributed by atoms with Crippen LogP contribution < -0.4 is 0 Å². The highest BCUT2D eigenvalue weighted by atomic mass is 32.1. The van der Waals surface area contributed by atoms with Crippen molar-refractivity contribution in [1.29, 1.82) is 0 Å². The van der Waals surface area contributed by atoms with Crippen LogP contribution in [0.15, 0.2) is 28.4 Å². The predicted molar refractivity (Wildman–Crippen MR) is 102 cm³/mol. The first kappa shape index (κ1) is 22.3. The van der Waals surface area contributed by atoms with Gasteiger partial charge >= 0.3 is 12.1 Å². The monoisotopic (exact) mass is 445 g/mol. The van der Waals surface area contributed by atoms with Crippen LogP contribution in [0.5, 0.6) is 0 Å². The molecule has 2 atom stereocenters. The van der Waals surface area contributed by atoms with Crippen molar-refractivity contribution in [2.24, 2.45) is 0 Å². The van der Waals surface area contributed by atoms with Gasteiger partial charge in [-0.1, -0.05) is 0 Å². The van der Waals surface area contributed by atoms with E-state index in [2.05, 4.69) is 20.2 Å². The Morgan fingerprint density at radius 2 is 2.07 bits per heavy atom. The molecule has 0 aliphatic carbocycles. The summed E-state index contributed by atoms with van der Waals surface area (Å²) in [6, 6.07) is 2.81. The maximum Gasteiger partial charge on any atom is 0.490 e. The Morgan fingerprint density at radius 3 is 2.63 bits per heavy atom. The van der Waals surface area contributed by atoms with Gasteiger partial charge in [0.2, 0.25) is 5.91 Å². The molecule has 0 spiro atoms. The molecule has 0 radical (unpaired) electrons. The predicted octanol–water partition coefficient (Wildman–Crippen LogP) is 3.44. The van der Waals surface area contributed by atoms with Gasteiger partial charge in [0.1, 0.15) is 0 Å². The average molecular weight is 445 g/mol. The van der Waals surface area contributed by atoms with Crippen LogP contribution in [0.25, 0.3) is 0 Å². The topological polar surface area (TPSA) is 86.9 Å². The maximum atomic E-state index is 12.4. The summed E-state index contributed by atoms with van der Waals surface area (Å²) in [7, 11) is 0. The molecule has 2 fully saturated rings. The molecule has 0 unspecified atom stereocenters. The molecule has 0 bridgehead atoms. The molecule has 0 saturated carbocycles. The van der Waals surface area contributed by atoms with Crippen molar-refractivity contribution in [3.8, 4) is 0 Å². The van der Waals surface area contributed by atoms with Crippen LogP contribution in [0.3, 0.4) is 0 Å². The normalized spacial score (nSPS) is 21.9. The zero-order valence-corrected chi connectivity index (χ0v) is 17.1. The second-order valence-corrected chi connectivity index (χ2v) is 8.31. The molecule has 11 heteroatoms. The van der Waals surface area contributed by atoms with Gasteiger partial charge in [0.15, 0.2) is 0 Å². The summed E-state index contributed by atoms with van der Waals surface area (Å²) in [6.45, 7) is 4.62. The molecular weight excluding hydrogens is 423 g/mol. The van der Waals surface area contributed by atoms with E-state index in [1.54, 1.807) is 17.6 Å². The summed E-state index contributed by atoms with van der Waals surface area (Å²) in [5.41, 5.74) is 2.24. The zero-order chi connectivity index (χ0) is 21.9. The molecule has 2 saturated heterocycles. The average Bonchev–Trinajstić information content (AvgIpc) is 3.40. The third-order valence-corrected chi connectivity index (χ3v) is 6.03. The van der Waals surface area contributed by atoms with E-state index in [0.717, 1.165) is 36.6 Å². The number of piperidine rings is 1. The highest BCUT2D eigenvalue weighted by Gasteiger charge is 2.43. The summed E-state index contributed by atoms with van der Waals surface area (Å²) < 4.78 is 36.9. The van der Waals surface area contributed by atoms with Crippen LogP contribution in [-0.4, -0.2) is 56.6 Å². The van der Waals surface area contributed by atoms with Crippen molar-refractivity contribution < 1.29 is 32.3 Å². The first-order valence-corrected chi connectivity index (χ1v) is 10.3. The molecule has 1 amide bonds. The third kappa shape index (κ3) is 5.39. The molecule has 1 N–H and O–H groups in total. The maximum absolute atomic E-state index is 12.4. The standard InChI is InChI=1S/C17H21N3O2S.C2HF3O2/c1-12-18-14(11-23-12)9-20-16-4-6-19(8-13-5-7-22-10-13)15(16)2-3-17(20)21;3-2(4,5)1(6)7/h5,7,10-11,15-16H,2-4,6,8-9H2,1H3;(H,6,7)/t15-,16-;/m1./s1. The molecule has 2 aliphatic rings. The summed E-state index contributed by atoms with van der Waals surface area (Å²) in [5.74, 6) is -2.48. The number of carbonyl (C=O) groups is 2. The van der Waals surface area contributed by atoms with Crippen LogP contribution in [0.1, 0.15) is 35.5 Å². The number of furan rings is 1. The van der Waals surface area contributed by atoms with Crippen LogP contribution in [-0.2, 0) is 22.7 Å². The molecule has 2 aliphatic heterocycles. The van der Waals surface area contributed by atoms with Crippen molar-refractivity contribution in [1.82, 2.24) is 14.8 Å². The Balaban J connectivity index is 0.000000318. The molecule has 7 nitrogen and oxygen atoms in total. The molecule has 2 aromatic heterocycles. The Morgan fingerprint density at radius 1 is 1.33 bits per heavy atom. The number of fused-ring (bicyclic) bond motifs is 1. The molecule has 30 heavy (non-hydrogen) atoms. The van der Waals surface area contributed by atoms with Gasteiger partial charge in [0.25, 0.3) is 0 Å². The molecular formula is C19H22F3N3O4S. The molecule has 4 rings (SSSR count). The lowest BCUT2D eigenvalue weighted by molar-refractivity contribution is -0.192. The van der Waals surface area contributed by atoms with E-state index in [9.17, 15) is 18.0 Å². The van der Waals surface area contributed by atoms with Crippen molar-refractivity contribution in [2.75, 3.05) is 6.54 Å². The molecule has 2 aromatic rings. The van der Waals surface area contributed by atoms with E-state index >= 15 is 0 Å². The number of hydrogen-bond acceptors (Lipinski definition) is 6. The number of carbonyl (C=O) groups excluding carboxylic acids is 1. The fourth-order valence-electron chi connectivity index (χ4n) is 3.91. The van der Waals surface area contributed by atoms with Gasteiger partial charge in [0, 0.05) is 42.5 Å². The van der Waals surface area contributed by atoms with Gasteiger partial charge in [-0.25, -0.2) is 9.78 Å². The number of nitrogens with zero attached hydrogens (tertiary/aromatic N) is 3. The van der Waals surface area contributed by atoms with Crippen LogP contribution in [0, 0.1) is 6.92 Å². The van der Waals surface area contributed by atoms with Gasteiger partial charge in [-0.3, -0.25) is 9.69 Å². The summed E-state index contributed by atoms with van der Waals surface area (Å²) in [6.07, 6.45) is 1.12. The molecule has 0 aromatic carbocycles. The van der Waals surface area contributed by atoms with Crippen molar-refractivity contribution in [2.45, 2.75) is 57.5 Å². The van der Waals surface area contributed by atoms with Crippen molar-refractivity contribution >= 4 is 23.2 Å². The lowest BCUT2D eigenvalue weighted by Crippen LogP contribution is -2.51. The van der Waals surface area contributed by atoms with E-state index < -0.39 is 12.1 Å². The van der Waals surface area contributed by atoms with Gasteiger partial charge in [0.05, 0.1) is 29.8 Å². The van der Waals surface area contributed by atoms with E-state index in [1.807, 2.05) is 19.3 Å². The zero-order valence-electron chi connectivity index (χ0n) is 16.3. The number of carboxylic acids is 1. The lowest BCUT2D eigenvalue weighted by atomic mass is 9.96. The Hall–Kier alpha value is -2.40. The second kappa shape index (κ2) is 9.17. The number of aromatic nitrogens is 1. The second-order valence-electron chi connectivity index (χ2n) is 7.25. The van der Waals surface area contributed by atoms with E-state index in [4.69, 9.17) is 14.3 Å². The lowest BCUT2D eigenvalue weighted by Gasteiger charge is -2.39. The van der Waals surface area contributed by atoms with Crippen LogP contribution in [0.4, 0.5) is 13.2 Å². The Labute approximate surface area is 175 Å². The fourth-order valence-corrected chi connectivity index (χ4v) is 4.52. The number of thiazole rings is 1. The van der Waals surface area contributed by atoms with E-state index in [0.29, 0.717) is 25.0 Å². The van der Waals surface area contributed by atoms with Gasteiger partial charge in [-0.05, 0) is 25.8 Å². The fraction of sp³-hybridized carbons (Fsp3) is 0.526. The minimum Gasteiger partial charge on any atom is -0.475 e. The Kier molecular flexibility index (Phi) is 6.81. The summed E-state index contributed by atoms with van der Waals surface area (Å²) in [5, 5.41) is 10.3. The number of halogens is 3. The quantitative estimate of drug-likeness (QED) is 0.776. The SMILES string of the molecule is Cc1nc(CN2C(=O)CC[C@@H]3[C@H]2CCN3Cc2ccoc2)cs1.O=C(O)C(F)(F)F. The number of rotatable bonds is 4. The van der Waals surface area contributed by atoms with E-state index in [1.165, 1.54) is 5.56 Å². The minimum absolute atomic E-state index is 0.280. The summed E-state index contributed by atoms with van der Waals surface area (Å²) in [4.78, 5) is 30.4. The molecule has 164 valence electrons. The number of aryl methyl sites for hydroxylation is 1. The minimum atomic E-state index is -5.08. The van der Waals surface area contributed by atoms with Crippen LogP contribution in [0.2, 0.25) is 0 Å². The summed E-state index contributed by atoms with van der Waals surface area (Å²) >= 11 is 1.65. The van der Waals surface area contributed by atoms with Crippen LogP contribution >= 0.6 is 11.3 Å². The van der Waals surface area contributed by atoms with Gasteiger partial charge in [-0.15, -0.1) is 11.3 Å². The van der Waals surface area contributed by atoms with Gasteiger partial charge in [-0.2, -0.15) is 13.2 Å². The molecule has 4 heterocycles. The van der Waals surface area contributed by atoms with E-state index in [-0.39, 0.29) is 5.91 Å². The Bertz CT molecular complexity index is 869. The first-order valence-electron chi connectivity index (χ1n) is 9.41. The highest BCUT2D eigenvalue weighted by molar-refractivity contribution is 7.09. The van der Waals surface area contributed by atoms with Gasteiger partial charge < -0.3 is 14.4 Å². The number of likely N-dealkylation sites (tertiary alicyclic amines) is 2.